The number of rotatable bonds is 7. The lowest BCUT2D eigenvalue weighted by atomic mass is 9.96. The van der Waals surface area contributed by atoms with E-state index < -0.39 is 0 Å². The molecule has 4 heteroatoms. The van der Waals surface area contributed by atoms with Crippen molar-refractivity contribution in [3.8, 4) is 0 Å². The maximum atomic E-state index is 10.9. The second kappa shape index (κ2) is 6.79. The molecule has 84 valence electrons. The first-order valence-corrected chi connectivity index (χ1v) is 5.10. The monoisotopic (exact) mass is 203 g/mol. The van der Waals surface area contributed by atoms with Gasteiger partial charge in [-0.25, -0.2) is 4.79 Å². The van der Waals surface area contributed by atoms with Crippen LogP contribution < -0.4 is 5.73 Å². The minimum atomic E-state index is -0.331. The molecule has 0 aliphatic carbocycles. The standard InChI is InChI=1S/C10H21NO3/c1-4-10(11,5-2)8-13-7-9(12)14-6-3/h4-8,11H2,1-3H3. The number of carbonyl (C=O) groups excluding carboxylic acids is 1. The molecule has 0 aromatic heterocycles. The van der Waals surface area contributed by atoms with Crippen molar-refractivity contribution in [3.05, 3.63) is 0 Å². The van der Waals surface area contributed by atoms with E-state index in [0.29, 0.717) is 13.2 Å². The number of ether oxygens (including phenoxy) is 2. The molecule has 0 bridgehead atoms. The van der Waals surface area contributed by atoms with Crippen LogP contribution in [0.2, 0.25) is 0 Å². The predicted molar refractivity (Wildman–Crippen MR) is 55.0 cm³/mol. The van der Waals surface area contributed by atoms with Gasteiger partial charge in [-0.1, -0.05) is 13.8 Å². The van der Waals surface area contributed by atoms with Crippen LogP contribution in [-0.2, 0) is 14.3 Å². The second-order valence-corrected chi connectivity index (χ2v) is 3.37. The van der Waals surface area contributed by atoms with Crippen molar-refractivity contribution in [3.63, 3.8) is 0 Å². The summed E-state index contributed by atoms with van der Waals surface area (Å²) in [5.41, 5.74) is 5.67. The van der Waals surface area contributed by atoms with Crippen LogP contribution in [0.1, 0.15) is 33.6 Å². The number of hydrogen-bond acceptors (Lipinski definition) is 4. The maximum Gasteiger partial charge on any atom is 0.332 e. The number of hydrogen-bond donors (Lipinski definition) is 1. The summed E-state index contributed by atoms with van der Waals surface area (Å²) in [4.78, 5) is 10.9. The number of esters is 1. The molecule has 0 aromatic rings. The summed E-state index contributed by atoms with van der Waals surface area (Å²) >= 11 is 0. The van der Waals surface area contributed by atoms with Gasteiger partial charge in [-0.3, -0.25) is 0 Å². The number of carbonyl (C=O) groups is 1. The van der Waals surface area contributed by atoms with E-state index in [9.17, 15) is 4.79 Å². The van der Waals surface area contributed by atoms with Gasteiger partial charge in [-0.2, -0.15) is 0 Å². The molecule has 0 rings (SSSR count). The van der Waals surface area contributed by atoms with Crippen LogP contribution in [-0.4, -0.2) is 31.3 Å². The smallest absolute Gasteiger partial charge is 0.332 e. The highest BCUT2D eigenvalue weighted by atomic mass is 16.6. The molecule has 0 heterocycles. The normalized spacial score (nSPS) is 11.4. The van der Waals surface area contributed by atoms with Crippen LogP contribution in [0.15, 0.2) is 0 Å². The molecule has 0 aliphatic rings. The predicted octanol–water partition coefficient (Wildman–Crippen LogP) is 1.08. The van der Waals surface area contributed by atoms with Gasteiger partial charge in [-0.15, -0.1) is 0 Å². The molecule has 2 N–H and O–H groups in total. The third-order valence-electron chi connectivity index (χ3n) is 2.32. The lowest BCUT2D eigenvalue weighted by Crippen LogP contribution is -2.43. The highest BCUT2D eigenvalue weighted by molar-refractivity contribution is 5.70. The maximum absolute atomic E-state index is 10.9. The topological polar surface area (TPSA) is 61.5 Å². The first kappa shape index (κ1) is 13.4. The molecule has 0 spiro atoms. The number of nitrogens with two attached hydrogens (primary N) is 1. The van der Waals surface area contributed by atoms with Gasteiger partial charge in [0, 0.05) is 5.54 Å². The molecule has 0 unspecified atom stereocenters. The lowest BCUT2D eigenvalue weighted by Gasteiger charge is -2.25. The molecule has 0 aromatic carbocycles. The van der Waals surface area contributed by atoms with Crippen molar-refractivity contribution in [1.82, 2.24) is 0 Å². The van der Waals surface area contributed by atoms with Crippen molar-refractivity contribution in [2.75, 3.05) is 19.8 Å². The highest BCUT2D eigenvalue weighted by Crippen LogP contribution is 2.11. The fourth-order valence-electron chi connectivity index (χ4n) is 0.994. The van der Waals surface area contributed by atoms with E-state index in [-0.39, 0.29) is 18.1 Å². The van der Waals surface area contributed by atoms with Crippen molar-refractivity contribution in [1.29, 1.82) is 0 Å². The summed E-state index contributed by atoms with van der Waals surface area (Å²) in [6.07, 6.45) is 1.68. The molecule has 0 fully saturated rings. The van der Waals surface area contributed by atoms with Crippen molar-refractivity contribution in [2.24, 2.45) is 5.73 Å². The van der Waals surface area contributed by atoms with Gasteiger partial charge in [0.1, 0.15) is 6.61 Å². The molecular weight excluding hydrogens is 182 g/mol. The average Bonchev–Trinajstić information content (AvgIpc) is 2.18. The average molecular weight is 203 g/mol. The lowest BCUT2D eigenvalue weighted by molar-refractivity contribution is -0.149. The Hall–Kier alpha value is -0.610. The van der Waals surface area contributed by atoms with Crippen LogP contribution in [0.25, 0.3) is 0 Å². The molecule has 4 nitrogen and oxygen atoms in total. The summed E-state index contributed by atoms with van der Waals surface area (Å²) in [6.45, 7) is 6.57. The first-order valence-electron chi connectivity index (χ1n) is 5.10. The Morgan fingerprint density at radius 2 is 1.86 bits per heavy atom. The Labute approximate surface area is 85.8 Å². The summed E-state index contributed by atoms with van der Waals surface area (Å²) in [5, 5.41) is 0. The van der Waals surface area contributed by atoms with Crippen molar-refractivity contribution < 1.29 is 14.3 Å². The minimum Gasteiger partial charge on any atom is -0.464 e. The van der Waals surface area contributed by atoms with E-state index >= 15 is 0 Å². The van der Waals surface area contributed by atoms with Crippen LogP contribution in [0.3, 0.4) is 0 Å². The van der Waals surface area contributed by atoms with E-state index in [4.69, 9.17) is 15.2 Å². The van der Waals surface area contributed by atoms with E-state index in [2.05, 4.69) is 0 Å². The summed E-state index contributed by atoms with van der Waals surface area (Å²) in [6, 6.07) is 0. The zero-order valence-corrected chi connectivity index (χ0v) is 9.34. The summed E-state index contributed by atoms with van der Waals surface area (Å²) in [5.74, 6) is -0.331. The quantitative estimate of drug-likeness (QED) is 0.629. The van der Waals surface area contributed by atoms with Gasteiger partial charge in [0.15, 0.2) is 0 Å². The van der Waals surface area contributed by atoms with Crippen LogP contribution in [0, 0.1) is 0 Å². The Morgan fingerprint density at radius 1 is 1.29 bits per heavy atom. The van der Waals surface area contributed by atoms with Gasteiger partial charge in [-0.05, 0) is 19.8 Å². The largest absolute Gasteiger partial charge is 0.464 e. The summed E-state index contributed by atoms with van der Waals surface area (Å²) in [7, 11) is 0. The van der Waals surface area contributed by atoms with Crippen molar-refractivity contribution in [2.45, 2.75) is 39.2 Å². The van der Waals surface area contributed by atoms with Gasteiger partial charge < -0.3 is 15.2 Å². The molecule has 0 saturated carbocycles. The minimum absolute atomic E-state index is 0.00715. The summed E-state index contributed by atoms with van der Waals surface area (Å²) < 4.78 is 9.91. The molecule has 0 saturated heterocycles. The molecule has 0 atom stereocenters. The molecule has 0 aliphatic heterocycles. The van der Waals surface area contributed by atoms with Gasteiger partial charge in [0.05, 0.1) is 13.2 Å². The third kappa shape index (κ3) is 5.19. The third-order valence-corrected chi connectivity index (χ3v) is 2.32. The molecule has 0 amide bonds. The van der Waals surface area contributed by atoms with Crippen molar-refractivity contribution >= 4 is 5.97 Å². The Balaban J connectivity index is 3.66. The van der Waals surface area contributed by atoms with E-state index in [0.717, 1.165) is 12.8 Å². The second-order valence-electron chi connectivity index (χ2n) is 3.37. The molecule has 0 radical (unpaired) electrons. The highest BCUT2D eigenvalue weighted by Gasteiger charge is 2.20. The SMILES string of the molecule is CCOC(=O)COCC(N)(CC)CC. The fourth-order valence-corrected chi connectivity index (χ4v) is 0.994. The molecular formula is C10H21NO3. The van der Waals surface area contributed by atoms with E-state index in [1.165, 1.54) is 0 Å². The first-order chi connectivity index (χ1) is 6.58. The van der Waals surface area contributed by atoms with Crippen LogP contribution in [0.5, 0.6) is 0 Å². The van der Waals surface area contributed by atoms with Crippen LogP contribution >= 0.6 is 0 Å². The Kier molecular flexibility index (Phi) is 6.49. The Morgan fingerprint density at radius 3 is 2.29 bits per heavy atom. The van der Waals surface area contributed by atoms with Gasteiger partial charge in [0.25, 0.3) is 0 Å². The zero-order valence-electron chi connectivity index (χ0n) is 9.34. The molecule has 14 heavy (non-hydrogen) atoms. The van der Waals surface area contributed by atoms with E-state index in [1.807, 2.05) is 13.8 Å². The zero-order chi connectivity index (χ0) is 11.0. The van der Waals surface area contributed by atoms with Gasteiger partial charge >= 0.3 is 5.97 Å². The van der Waals surface area contributed by atoms with E-state index in [1.54, 1.807) is 6.92 Å². The van der Waals surface area contributed by atoms with Crippen LogP contribution in [0.4, 0.5) is 0 Å². The van der Waals surface area contributed by atoms with Gasteiger partial charge in [0.2, 0.25) is 0 Å². The Bertz CT molecular complexity index is 167. The fraction of sp³-hybridized carbons (Fsp3) is 0.900.